The maximum atomic E-state index is 12.3. The van der Waals surface area contributed by atoms with Crippen LogP contribution in [0.25, 0.3) is 0 Å². The summed E-state index contributed by atoms with van der Waals surface area (Å²) in [6.07, 6.45) is 8.21. The zero-order chi connectivity index (χ0) is 17.4. The van der Waals surface area contributed by atoms with E-state index in [-0.39, 0.29) is 42.5 Å². The topological polar surface area (TPSA) is 64.7 Å². The number of likely N-dealkylation sites (tertiary alicyclic amines) is 1. The Kier molecular flexibility index (Phi) is 13.3. The Labute approximate surface area is 170 Å². The lowest BCUT2D eigenvalue weighted by Crippen LogP contribution is -2.40. The average Bonchev–Trinajstić information content (AvgIpc) is 2.74. The highest BCUT2D eigenvalue weighted by Crippen LogP contribution is 2.18. The summed E-state index contributed by atoms with van der Waals surface area (Å²) >= 11 is 0. The molecule has 2 aliphatic rings. The number of carbonyl (C=O) groups excluding carboxylic acids is 2. The van der Waals surface area contributed by atoms with Gasteiger partial charge in [0.1, 0.15) is 0 Å². The molecule has 6 nitrogen and oxygen atoms in total. The molecule has 2 rings (SSSR count). The minimum Gasteiger partial charge on any atom is -0.355 e. The fraction of sp³-hybridized carbons (Fsp3) is 0.889. The van der Waals surface area contributed by atoms with E-state index in [0.717, 1.165) is 13.1 Å². The van der Waals surface area contributed by atoms with E-state index in [9.17, 15) is 9.59 Å². The van der Waals surface area contributed by atoms with Crippen LogP contribution in [0.5, 0.6) is 0 Å². The van der Waals surface area contributed by atoms with E-state index in [0.29, 0.717) is 32.1 Å². The SMILES string of the molecule is CN(C)CCN1CC(C(=O)NCCNC2CCCCCC2)CC1=O.Cl.Cl. The number of hydrogen-bond acceptors (Lipinski definition) is 4. The summed E-state index contributed by atoms with van der Waals surface area (Å²) in [4.78, 5) is 28.1. The highest BCUT2D eigenvalue weighted by Gasteiger charge is 2.33. The van der Waals surface area contributed by atoms with Crippen LogP contribution in [0, 0.1) is 5.92 Å². The van der Waals surface area contributed by atoms with Crippen molar-refractivity contribution in [2.45, 2.75) is 51.0 Å². The van der Waals surface area contributed by atoms with Gasteiger partial charge in [-0.2, -0.15) is 0 Å². The molecule has 0 spiro atoms. The van der Waals surface area contributed by atoms with E-state index in [1.807, 2.05) is 19.0 Å². The zero-order valence-electron chi connectivity index (χ0n) is 16.2. The molecule has 0 bridgehead atoms. The van der Waals surface area contributed by atoms with Crippen LogP contribution >= 0.6 is 24.8 Å². The van der Waals surface area contributed by atoms with Crippen molar-refractivity contribution in [1.29, 1.82) is 0 Å². The van der Waals surface area contributed by atoms with Gasteiger partial charge in [-0.3, -0.25) is 9.59 Å². The van der Waals surface area contributed by atoms with Gasteiger partial charge in [0.05, 0.1) is 5.92 Å². The lowest BCUT2D eigenvalue weighted by molar-refractivity contribution is -0.129. The van der Waals surface area contributed by atoms with Crippen molar-refractivity contribution in [3.05, 3.63) is 0 Å². The molecule has 2 amide bonds. The molecule has 2 N–H and O–H groups in total. The normalized spacial score (nSPS) is 21.1. The number of nitrogens with zero attached hydrogens (tertiary/aromatic N) is 2. The molecule has 0 radical (unpaired) electrons. The van der Waals surface area contributed by atoms with Gasteiger partial charge >= 0.3 is 0 Å². The fourth-order valence-electron chi connectivity index (χ4n) is 3.57. The zero-order valence-corrected chi connectivity index (χ0v) is 17.8. The molecule has 1 saturated heterocycles. The largest absolute Gasteiger partial charge is 0.355 e. The minimum atomic E-state index is -0.183. The Bertz CT molecular complexity index is 416. The van der Waals surface area contributed by atoms with Gasteiger partial charge < -0.3 is 20.4 Å². The van der Waals surface area contributed by atoms with Crippen molar-refractivity contribution in [2.75, 3.05) is 46.8 Å². The Hall–Kier alpha value is -0.560. The molecule has 154 valence electrons. The molecule has 8 heteroatoms. The number of amides is 2. The van der Waals surface area contributed by atoms with E-state index >= 15 is 0 Å². The molecule has 1 heterocycles. The standard InChI is InChI=1S/C18H34N4O2.2ClH/c1-21(2)11-12-22-14-15(13-17(22)23)18(24)20-10-9-19-16-7-5-3-4-6-8-16;;/h15-16,19H,3-14H2,1-2H3,(H,20,24);2*1H. The Morgan fingerprint density at radius 2 is 1.77 bits per heavy atom. The predicted octanol–water partition coefficient (Wildman–Crippen LogP) is 1.67. The van der Waals surface area contributed by atoms with Crippen LogP contribution in [0.15, 0.2) is 0 Å². The molecule has 1 atom stereocenters. The van der Waals surface area contributed by atoms with E-state index in [4.69, 9.17) is 0 Å². The van der Waals surface area contributed by atoms with Gasteiger partial charge in [-0.05, 0) is 26.9 Å². The van der Waals surface area contributed by atoms with Crippen molar-refractivity contribution in [3.63, 3.8) is 0 Å². The van der Waals surface area contributed by atoms with Gasteiger partial charge in [0.25, 0.3) is 0 Å². The lowest BCUT2D eigenvalue weighted by Gasteiger charge is -2.19. The van der Waals surface area contributed by atoms with Crippen molar-refractivity contribution >= 4 is 36.6 Å². The summed E-state index contributed by atoms with van der Waals surface area (Å²) < 4.78 is 0. The fourth-order valence-corrected chi connectivity index (χ4v) is 3.57. The molecular formula is C18H36Cl2N4O2. The van der Waals surface area contributed by atoms with Gasteiger partial charge in [0.15, 0.2) is 0 Å². The first-order chi connectivity index (χ1) is 11.6. The summed E-state index contributed by atoms with van der Waals surface area (Å²) in [6, 6.07) is 0.610. The summed E-state index contributed by atoms with van der Waals surface area (Å²) in [5.74, 6) is -0.0514. The number of rotatable bonds is 8. The third-order valence-corrected chi connectivity index (χ3v) is 5.11. The van der Waals surface area contributed by atoms with Gasteiger partial charge in [-0.15, -0.1) is 24.8 Å². The maximum absolute atomic E-state index is 12.3. The quantitative estimate of drug-likeness (QED) is 0.471. The highest BCUT2D eigenvalue weighted by molar-refractivity contribution is 5.89. The van der Waals surface area contributed by atoms with Crippen molar-refractivity contribution in [3.8, 4) is 0 Å². The van der Waals surface area contributed by atoms with Crippen LogP contribution in [-0.2, 0) is 9.59 Å². The Morgan fingerprint density at radius 1 is 1.12 bits per heavy atom. The van der Waals surface area contributed by atoms with Gasteiger partial charge in [-0.25, -0.2) is 0 Å². The second-order valence-electron chi connectivity index (χ2n) is 7.48. The molecule has 26 heavy (non-hydrogen) atoms. The first-order valence-electron chi connectivity index (χ1n) is 9.50. The molecular weight excluding hydrogens is 375 g/mol. The third kappa shape index (κ3) is 8.89. The van der Waals surface area contributed by atoms with Crippen LogP contribution in [0.3, 0.4) is 0 Å². The molecule has 2 fully saturated rings. The first kappa shape index (κ1) is 25.4. The minimum absolute atomic E-state index is 0. The van der Waals surface area contributed by atoms with Gasteiger partial charge in [0, 0.05) is 45.2 Å². The van der Waals surface area contributed by atoms with E-state index < -0.39 is 0 Å². The lowest BCUT2D eigenvalue weighted by atomic mass is 10.1. The maximum Gasteiger partial charge on any atom is 0.225 e. The number of hydrogen-bond donors (Lipinski definition) is 2. The van der Waals surface area contributed by atoms with Gasteiger partial charge in [-0.1, -0.05) is 25.7 Å². The van der Waals surface area contributed by atoms with Crippen LogP contribution < -0.4 is 10.6 Å². The van der Waals surface area contributed by atoms with Crippen molar-refractivity contribution in [1.82, 2.24) is 20.4 Å². The van der Waals surface area contributed by atoms with E-state index in [1.54, 1.807) is 0 Å². The van der Waals surface area contributed by atoms with Crippen LogP contribution in [0.2, 0.25) is 0 Å². The van der Waals surface area contributed by atoms with Crippen LogP contribution in [0.1, 0.15) is 44.9 Å². The summed E-state index contributed by atoms with van der Waals surface area (Å²) in [5.41, 5.74) is 0. The average molecular weight is 411 g/mol. The van der Waals surface area contributed by atoms with E-state index in [2.05, 4.69) is 15.5 Å². The molecule has 0 aromatic heterocycles. The second-order valence-corrected chi connectivity index (χ2v) is 7.48. The first-order valence-corrected chi connectivity index (χ1v) is 9.50. The van der Waals surface area contributed by atoms with Crippen LogP contribution in [0.4, 0.5) is 0 Å². The smallest absolute Gasteiger partial charge is 0.225 e. The number of nitrogens with one attached hydrogen (secondary N) is 2. The van der Waals surface area contributed by atoms with Crippen LogP contribution in [-0.4, -0.2) is 74.5 Å². The van der Waals surface area contributed by atoms with Crippen molar-refractivity contribution < 1.29 is 9.59 Å². The van der Waals surface area contributed by atoms with Gasteiger partial charge in [0.2, 0.25) is 11.8 Å². The molecule has 1 saturated carbocycles. The highest BCUT2D eigenvalue weighted by atomic mass is 35.5. The number of carbonyl (C=O) groups is 2. The Balaban J connectivity index is 0.00000312. The molecule has 0 aromatic rings. The summed E-state index contributed by atoms with van der Waals surface area (Å²) in [6.45, 7) is 3.58. The monoisotopic (exact) mass is 410 g/mol. The third-order valence-electron chi connectivity index (χ3n) is 5.11. The second kappa shape index (κ2) is 13.6. The molecule has 1 unspecified atom stereocenters. The Morgan fingerprint density at radius 3 is 2.38 bits per heavy atom. The number of likely N-dealkylation sites (N-methyl/N-ethyl adjacent to an activating group) is 1. The summed E-state index contributed by atoms with van der Waals surface area (Å²) in [5, 5.41) is 6.56. The summed E-state index contributed by atoms with van der Waals surface area (Å²) in [7, 11) is 3.98. The van der Waals surface area contributed by atoms with E-state index in [1.165, 1.54) is 38.5 Å². The predicted molar refractivity (Wildman–Crippen MR) is 110 cm³/mol. The molecule has 1 aliphatic carbocycles. The molecule has 1 aliphatic heterocycles. The molecule has 0 aromatic carbocycles. The number of halogens is 2. The van der Waals surface area contributed by atoms with Crippen molar-refractivity contribution in [2.24, 2.45) is 5.92 Å².